The zero-order valence-corrected chi connectivity index (χ0v) is 19.7. The number of hydrogen-bond donors (Lipinski definition) is 2. The zero-order chi connectivity index (χ0) is 22.4. The van der Waals surface area contributed by atoms with Crippen molar-refractivity contribution in [1.29, 1.82) is 0 Å². The van der Waals surface area contributed by atoms with E-state index in [9.17, 15) is 18.0 Å². The summed E-state index contributed by atoms with van der Waals surface area (Å²) < 4.78 is 24.4. The monoisotopic (exact) mass is 482 g/mol. The number of carbonyl (C=O) groups is 2. The van der Waals surface area contributed by atoms with E-state index in [0.29, 0.717) is 16.8 Å². The fourth-order valence-corrected chi connectivity index (χ4v) is 6.25. The minimum absolute atomic E-state index is 0.0667. The van der Waals surface area contributed by atoms with Crippen LogP contribution < -0.4 is 5.32 Å². The van der Waals surface area contributed by atoms with Crippen molar-refractivity contribution in [2.75, 3.05) is 17.3 Å². The van der Waals surface area contributed by atoms with Crippen LogP contribution in [-0.4, -0.2) is 42.4 Å². The average molecular weight is 483 g/mol. The van der Waals surface area contributed by atoms with Gasteiger partial charge in [0.05, 0.1) is 27.6 Å². The molecule has 1 fully saturated rings. The molecule has 1 unspecified atom stereocenters. The topological polar surface area (TPSA) is 113 Å². The molecule has 0 radical (unpaired) electrons. The molecule has 3 rings (SSSR count). The van der Waals surface area contributed by atoms with E-state index < -0.39 is 15.8 Å². The zero-order valence-electron chi connectivity index (χ0n) is 17.2. The van der Waals surface area contributed by atoms with Gasteiger partial charge in [0.1, 0.15) is 0 Å². The van der Waals surface area contributed by atoms with Crippen LogP contribution in [0.25, 0.3) is 0 Å². The van der Waals surface area contributed by atoms with Crippen molar-refractivity contribution in [2.24, 2.45) is 5.92 Å². The second-order valence-electron chi connectivity index (χ2n) is 7.75. The second-order valence-corrected chi connectivity index (χ2v) is 12.2. The molecule has 7 nitrogen and oxygen atoms in total. The lowest BCUT2D eigenvalue weighted by Crippen LogP contribution is -2.23. The largest absolute Gasteiger partial charge is 0.481 e. The second kappa shape index (κ2) is 10.6. The van der Waals surface area contributed by atoms with Crippen molar-refractivity contribution in [1.82, 2.24) is 4.98 Å². The van der Waals surface area contributed by atoms with Crippen LogP contribution in [0.5, 0.6) is 0 Å². The Morgan fingerprint density at radius 3 is 2.55 bits per heavy atom. The molecule has 1 aromatic carbocycles. The maximum atomic E-state index is 13.1. The first kappa shape index (κ1) is 23.7. The lowest BCUT2D eigenvalue weighted by atomic mass is 9.87. The highest BCUT2D eigenvalue weighted by atomic mass is 32.2. The first-order valence-electron chi connectivity index (χ1n) is 10.1. The Balaban J connectivity index is 1.72. The lowest BCUT2D eigenvalue weighted by molar-refractivity contribution is -0.136. The number of nitrogens with one attached hydrogen (secondary N) is 1. The van der Waals surface area contributed by atoms with Gasteiger partial charge in [-0.3, -0.25) is 9.59 Å². The molecule has 1 aromatic heterocycles. The van der Waals surface area contributed by atoms with Gasteiger partial charge < -0.3 is 10.4 Å². The normalized spacial score (nSPS) is 15.6. The third-order valence-electron chi connectivity index (χ3n) is 5.35. The van der Waals surface area contributed by atoms with Gasteiger partial charge in [-0.2, -0.15) is 0 Å². The summed E-state index contributed by atoms with van der Waals surface area (Å²) in [6.07, 6.45) is 8.15. The number of hydrogen-bond acceptors (Lipinski definition) is 7. The number of aliphatic carboxylic acids is 1. The summed E-state index contributed by atoms with van der Waals surface area (Å²) in [7, 11) is -3.29. The van der Waals surface area contributed by atoms with Gasteiger partial charge in [0, 0.05) is 12.0 Å². The summed E-state index contributed by atoms with van der Waals surface area (Å²) in [5.41, 5.74) is 0.796. The average Bonchev–Trinajstić information content (AvgIpc) is 3.37. The van der Waals surface area contributed by atoms with Crippen LogP contribution >= 0.6 is 23.1 Å². The number of carboxylic acid groups (broad SMARTS) is 1. The van der Waals surface area contributed by atoms with Crippen molar-refractivity contribution in [3.05, 3.63) is 36.0 Å². The number of benzene rings is 1. The van der Waals surface area contributed by atoms with Gasteiger partial charge in [-0.05, 0) is 30.0 Å². The van der Waals surface area contributed by atoms with Crippen LogP contribution in [0.4, 0.5) is 5.13 Å². The molecule has 1 atom stereocenters. The minimum atomic E-state index is -3.29. The highest BCUT2D eigenvalue weighted by Gasteiger charge is 2.27. The van der Waals surface area contributed by atoms with E-state index in [1.54, 1.807) is 30.5 Å². The summed E-state index contributed by atoms with van der Waals surface area (Å²) >= 11 is 2.72. The van der Waals surface area contributed by atoms with Gasteiger partial charge in [0.15, 0.2) is 15.0 Å². The SMILES string of the molecule is CS(=O)(=O)c1ccc(C(CC2CCCC2)C(=O)Nc2ncc(SCCC(=O)O)s2)cc1. The number of amides is 1. The Hall–Kier alpha value is -1.91. The first-order valence-corrected chi connectivity index (χ1v) is 13.8. The van der Waals surface area contributed by atoms with E-state index in [1.165, 1.54) is 42.2 Å². The Bertz CT molecular complexity index is 1010. The van der Waals surface area contributed by atoms with E-state index >= 15 is 0 Å². The summed E-state index contributed by atoms with van der Waals surface area (Å²) in [6.45, 7) is 0. The maximum Gasteiger partial charge on any atom is 0.304 e. The molecule has 168 valence electrons. The quantitative estimate of drug-likeness (QED) is 0.482. The Labute approximate surface area is 190 Å². The number of anilines is 1. The molecular formula is C21H26N2O5S3. The van der Waals surface area contributed by atoms with Crippen LogP contribution in [0.3, 0.4) is 0 Å². The number of thioether (sulfide) groups is 1. The molecular weight excluding hydrogens is 456 g/mol. The number of rotatable bonds is 10. The number of sulfone groups is 1. The van der Waals surface area contributed by atoms with Crippen LogP contribution in [0.1, 0.15) is 50.0 Å². The molecule has 1 saturated carbocycles. The fourth-order valence-electron chi connectivity index (χ4n) is 3.74. The van der Waals surface area contributed by atoms with E-state index in [4.69, 9.17) is 5.11 Å². The van der Waals surface area contributed by atoms with Crippen molar-refractivity contribution < 1.29 is 23.1 Å². The number of thiazole rings is 1. The molecule has 2 N–H and O–H groups in total. The van der Waals surface area contributed by atoms with Gasteiger partial charge in [-0.25, -0.2) is 13.4 Å². The van der Waals surface area contributed by atoms with Crippen LogP contribution in [-0.2, 0) is 19.4 Å². The Morgan fingerprint density at radius 1 is 1.26 bits per heavy atom. The maximum absolute atomic E-state index is 13.1. The predicted molar refractivity (Wildman–Crippen MR) is 123 cm³/mol. The number of nitrogens with zero attached hydrogens (tertiary/aromatic N) is 1. The summed E-state index contributed by atoms with van der Waals surface area (Å²) in [6, 6.07) is 6.57. The van der Waals surface area contributed by atoms with Crippen molar-refractivity contribution in [2.45, 2.75) is 53.5 Å². The van der Waals surface area contributed by atoms with Crippen LogP contribution in [0.15, 0.2) is 39.6 Å². The van der Waals surface area contributed by atoms with E-state index in [2.05, 4.69) is 10.3 Å². The lowest BCUT2D eigenvalue weighted by Gasteiger charge is -2.20. The molecule has 1 heterocycles. The summed E-state index contributed by atoms with van der Waals surface area (Å²) in [5.74, 6) is -0.466. The Kier molecular flexibility index (Phi) is 8.12. The van der Waals surface area contributed by atoms with Crippen molar-refractivity contribution >= 4 is 49.9 Å². The summed E-state index contributed by atoms with van der Waals surface area (Å²) in [4.78, 5) is 28.3. The molecule has 0 bridgehead atoms. The molecule has 1 amide bonds. The highest BCUT2D eigenvalue weighted by molar-refractivity contribution is 8.01. The molecule has 0 saturated heterocycles. The van der Waals surface area contributed by atoms with Gasteiger partial charge in [0.2, 0.25) is 5.91 Å². The third-order valence-corrected chi connectivity index (χ3v) is 8.58. The van der Waals surface area contributed by atoms with Crippen LogP contribution in [0.2, 0.25) is 0 Å². The first-order chi connectivity index (χ1) is 14.7. The number of carboxylic acids is 1. The van der Waals surface area contributed by atoms with E-state index in [-0.39, 0.29) is 23.1 Å². The van der Waals surface area contributed by atoms with E-state index in [1.807, 2.05) is 0 Å². The van der Waals surface area contributed by atoms with Gasteiger partial charge in [0.25, 0.3) is 0 Å². The molecule has 2 aromatic rings. The minimum Gasteiger partial charge on any atom is -0.481 e. The van der Waals surface area contributed by atoms with Gasteiger partial charge in [-0.1, -0.05) is 49.2 Å². The summed E-state index contributed by atoms with van der Waals surface area (Å²) in [5, 5.41) is 12.1. The fraction of sp³-hybridized carbons (Fsp3) is 0.476. The number of carbonyl (C=O) groups excluding carboxylic acids is 1. The molecule has 1 aliphatic carbocycles. The van der Waals surface area contributed by atoms with Crippen LogP contribution in [0, 0.1) is 5.92 Å². The molecule has 10 heteroatoms. The number of aromatic nitrogens is 1. The molecule has 1 aliphatic rings. The van der Waals surface area contributed by atoms with Crippen molar-refractivity contribution in [3.63, 3.8) is 0 Å². The molecule has 0 aliphatic heterocycles. The van der Waals surface area contributed by atoms with Gasteiger partial charge in [-0.15, -0.1) is 11.8 Å². The molecule has 31 heavy (non-hydrogen) atoms. The Morgan fingerprint density at radius 2 is 1.94 bits per heavy atom. The highest BCUT2D eigenvalue weighted by Crippen LogP contribution is 2.36. The standard InChI is InChI=1S/C21H26N2O5S3/c1-31(27,28)16-8-6-15(7-9-16)17(12-14-4-2-3-5-14)20(26)23-21-22-13-19(30-21)29-11-10-18(24)25/h6-9,13-14,17H,2-5,10-12H2,1H3,(H,24,25)(H,22,23,26). The van der Waals surface area contributed by atoms with Crippen molar-refractivity contribution in [3.8, 4) is 0 Å². The smallest absolute Gasteiger partial charge is 0.304 e. The van der Waals surface area contributed by atoms with Gasteiger partial charge >= 0.3 is 5.97 Å². The molecule has 0 spiro atoms. The third kappa shape index (κ3) is 7.05. The van der Waals surface area contributed by atoms with E-state index in [0.717, 1.165) is 29.0 Å². The predicted octanol–water partition coefficient (Wildman–Crippen LogP) is 4.42.